The van der Waals surface area contributed by atoms with E-state index in [4.69, 9.17) is 14.5 Å². The molecule has 3 unspecified atom stereocenters. The van der Waals surface area contributed by atoms with Crippen molar-refractivity contribution in [3.63, 3.8) is 0 Å². The van der Waals surface area contributed by atoms with E-state index in [0.717, 1.165) is 25.3 Å². The van der Waals surface area contributed by atoms with Crippen molar-refractivity contribution < 1.29 is 9.47 Å². The van der Waals surface area contributed by atoms with Crippen LogP contribution in [0.1, 0.15) is 42.9 Å². The molecule has 0 aromatic heterocycles. The maximum atomic E-state index is 5.96. The summed E-state index contributed by atoms with van der Waals surface area (Å²) in [6.45, 7) is 4.77. The average molecular weight is 394 g/mol. The first-order chi connectivity index (χ1) is 14.3. The third-order valence-electron chi connectivity index (χ3n) is 5.67. The zero-order chi connectivity index (χ0) is 19.9. The van der Waals surface area contributed by atoms with Crippen molar-refractivity contribution in [2.24, 2.45) is 4.99 Å². The minimum absolute atomic E-state index is 0.336. The fourth-order valence-electron chi connectivity index (χ4n) is 4.16. The first-order valence-corrected chi connectivity index (χ1v) is 10.7. The summed E-state index contributed by atoms with van der Waals surface area (Å²) in [6.07, 6.45) is 4.21. The van der Waals surface area contributed by atoms with E-state index in [1.165, 1.54) is 23.1 Å². The first kappa shape index (κ1) is 19.9. The molecule has 0 spiro atoms. The van der Waals surface area contributed by atoms with Crippen LogP contribution in [0.15, 0.2) is 59.6 Å². The number of fused-ring (bicyclic) bond motifs is 2. The SMILES string of the molecule is CCNC(=NCc1ccccc1COCc1ccccc1)NC1CC2CCC1O2. The quantitative estimate of drug-likeness (QED) is 0.529. The number of benzene rings is 2. The van der Waals surface area contributed by atoms with Gasteiger partial charge in [-0.3, -0.25) is 0 Å². The van der Waals surface area contributed by atoms with Gasteiger partial charge in [-0.15, -0.1) is 0 Å². The van der Waals surface area contributed by atoms with Gasteiger partial charge in [0.1, 0.15) is 0 Å². The smallest absolute Gasteiger partial charge is 0.191 e. The molecule has 2 aromatic carbocycles. The Kier molecular flexibility index (Phi) is 6.80. The summed E-state index contributed by atoms with van der Waals surface area (Å²) in [5, 5.41) is 6.96. The molecule has 5 heteroatoms. The molecule has 2 bridgehead atoms. The molecule has 0 aliphatic carbocycles. The topological polar surface area (TPSA) is 54.9 Å². The lowest BCUT2D eigenvalue weighted by Crippen LogP contribution is -2.47. The molecule has 2 aromatic rings. The summed E-state index contributed by atoms with van der Waals surface area (Å²) in [6, 6.07) is 19.0. The average Bonchev–Trinajstić information content (AvgIpc) is 3.37. The Labute approximate surface area is 173 Å². The van der Waals surface area contributed by atoms with Crippen molar-refractivity contribution in [1.29, 1.82) is 0 Å². The van der Waals surface area contributed by atoms with Crippen molar-refractivity contribution in [3.05, 3.63) is 71.3 Å². The predicted octanol–water partition coefficient (Wildman–Crippen LogP) is 3.78. The predicted molar refractivity (Wildman–Crippen MR) is 116 cm³/mol. The van der Waals surface area contributed by atoms with Gasteiger partial charge < -0.3 is 20.1 Å². The molecule has 2 aliphatic rings. The molecule has 3 atom stereocenters. The van der Waals surface area contributed by atoms with Gasteiger partial charge in [0, 0.05) is 6.54 Å². The highest BCUT2D eigenvalue weighted by Crippen LogP contribution is 2.34. The zero-order valence-corrected chi connectivity index (χ0v) is 17.1. The number of nitrogens with one attached hydrogen (secondary N) is 2. The number of rotatable bonds is 8. The number of guanidine groups is 1. The van der Waals surface area contributed by atoms with Crippen LogP contribution in [0.25, 0.3) is 0 Å². The summed E-state index contributed by atoms with van der Waals surface area (Å²) in [5.41, 5.74) is 3.57. The summed E-state index contributed by atoms with van der Waals surface area (Å²) in [5.74, 6) is 0.869. The third-order valence-corrected chi connectivity index (χ3v) is 5.67. The van der Waals surface area contributed by atoms with Crippen LogP contribution in [0.3, 0.4) is 0 Å². The fraction of sp³-hybridized carbons (Fsp3) is 0.458. The van der Waals surface area contributed by atoms with Crippen LogP contribution in [0.5, 0.6) is 0 Å². The van der Waals surface area contributed by atoms with Crippen LogP contribution in [-0.4, -0.2) is 30.8 Å². The molecule has 29 heavy (non-hydrogen) atoms. The summed E-state index contributed by atoms with van der Waals surface area (Å²) >= 11 is 0. The van der Waals surface area contributed by atoms with Crippen LogP contribution in [0.2, 0.25) is 0 Å². The highest BCUT2D eigenvalue weighted by Gasteiger charge is 2.41. The Morgan fingerprint density at radius 3 is 2.55 bits per heavy atom. The van der Waals surface area contributed by atoms with E-state index in [2.05, 4.69) is 54.0 Å². The van der Waals surface area contributed by atoms with Gasteiger partial charge >= 0.3 is 0 Å². The molecular formula is C24H31N3O2. The molecule has 2 saturated heterocycles. The molecule has 4 rings (SSSR count). The van der Waals surface area contributed by atoms with Crippen LogP contribution in [0, 0.1) is 0 Å². The molecule has 154 valence electrons. The molecule has 2 aliphatic heterocycles. The van der Waals surface area contributed by atoms with E-state index >= 15 is 0 Å². The maximum absolute atomic E-state index is 5.96. The molecule has 5 nitrogen and oxygen atoms in total. The van der Waals surface area contributed by atoms with Gasteiger partial charge in [-0.1, -0.05) is 54.6 Å². The minimum atomic E-state index is 0.336. The second kappa shape index (κ2) is 9.90. The number of nitrogens with zero attached hydrogens (tertiary/aromatic N) is 1. The molecule has 2 fully saturated rings. The Morgan fingerprint density at radius 1 is 1.03 bits per heavy atom. The van der Waals surface area contributed by atoms with Gasteiger partial charge in [0.25, 0.3) is 0 Å². The number of hydrogen-bond donors (Lipinski definition) is 2. The highest BCUT2D eigenvalue weighted by molar-refractivity contribution is 5.80. The minimum Gasteiger partial charge on any atom is -0.373 e. The van der Waals surface area contributed by atoms with E-state index in [1.807, 2.05) is 18.2 Å². The number of hydrogen-bond acceptors (Lipinski definition) is 3. The van der Waals surface area contributed by atoms with Crippen molar-refractivity contribution in [2.75, 3.05) is 6.54 Å². The Balaban J connectivity index is 1.35. The molecule has 0 amide bonds. The Hall–Kier alpha value is -2.37. The monoisotopic (exact) mass is 393 g/mol. The molecule has 0 saturated carbocycles. The van der Waals surface area contributed by atoms with Crippen LogP contribution >= 0.6 is 0 Å². The standard InChI is InChI=1S/C24H31N3O2/c1-2-25-24(27-22-14-21-12-13-23(22)29-21)26-15-19-10-6-7-11-20(19)17-28-16-18-8-4-3-5-9-18/h3-11,21-23H,2,12-17H2,1H3,(H2,25,26,27). The highest BCUT2D eigenvalue weighted by atomic mass is 16.5. The summed E-state index contributed by atoms with van der Waals surface area (Å²) < 4.78 is 11.9. The van der Waals surface area contributed by atoms with E-state index < -0.39 is 0 Å². The van der Waals surface area contributed by atoms with Gasteiger partial charge in [-0.25, -0.2) is 4.99 Å². The zero-order valence-electron chi connectivity index (χ0n) is 17.1. The van der Waals surface area contributed by atoms with Gasteiger partial charge in [0.05, 0.1) is 38.0 Å². The molecular weight excluding hydrogens is 362 g/mol. The summed E-state index contributed by atoms with van der Waals surface area (Å²) in [7, 11) is 0. The van der Waals surface area contributed by atoms with Gasteiger partial charge in [-0.05, 0) is 42.9 Å². The van der Waals surface area contributed by atoms with E-state index in [1.54, 1.807) is 0 Å². The fourth-order valence-corrected chi connectivity index (χ4v) is 4.16. The van der Waals surface area contributed by atoms with E-state index in [9.17, 15) is 0 Å². The first-order valence-electron chi connectivity index (χ1n) is 10.7. The lowest BCUT2D eigenvalue weighted by atomic mass is 9.96. The van der Waals surface area contributed by atoms with Crippen molar-refractivity contribution >= 4 is 5.96 Å². The van der Waals surface area contributed by atoms with Gasteiger partial charge in [-0.2, -0.15) is 0 Å². The van der Waals surface area contributed by atoms with Gasteiger partial charge in [0.15, 0.2) is 5.96 Å². The van der Waals surface area contributed by atoms with Crippen molar-refractivity contribution in [1.82, 2.24) is 10.6 Å². The third kappa shape index (κ3) is 5.37. The normalized spacial score (nSPS) is 23.3. The second-order valence-corrected chi connectivity index (χ2v) is 7.80. The summed E-state index contributed by atoms with van der Waals surface area (Å²) in [4.78, 5) is 4.84. The lowest BCUT2D eigenvalue weighted by Gasteiger charge is -2.22. The van der Waals surface area contributed by atoms with Crippen LogP contribution < -0.4 is 10.6 Å². The second-order valence-electron chi connectivity index (χ2n) is 7.80. The number of ether oxygens (including phenoxy) is 2. The van der Waals surface area contributed by atoms with Crippen LogP contribution in [0.4, 0.5) is 0 Å². The van der Waals surface area contributed by atoms with E-state index in [-0.39, 0.29) is 0 Å². The Bertz CT molecular complexity index is 809. The molecule has 2 N–H and O–H groups in total. The molecule has 2 heterocycles. The largest absolute Gasteiger partial charge is 0.373 e. The Morgan fingerprint density at radius 2 is 1.83 bits per heavy atom. The van der Waals surface area contributed by atoms with Crippen molar-refractivity contribution in [3.8, 4) is 0 Å². The lowest BCUT2D eigenvalue weighted by molar-refractivity contribution is 0.0992. The van der Waals surface area contributed by atoms with Gasteiger partial charge in [0.2, 0.25) is 0 Å². The van der Waals surface area contributed by atoms with Crippen molar-refractivity contribution in [2.45, 2.75) is 64.2 Å². The molecule has 0 radical (unpaired) electrons. The maximum Gasteiger partial charge on any atom is 0.191 e. The van der Waals surface area contributed by atoms with Crippen LogP contribution in [-0.2, 0) is 29.2 Å². The van der Waals surface area contributed by atoms with E-state index in [0.29, 0.717) is 38.0 Å². The number of aliphatic imine (C=N–C) groups is 1.